The summed E-state index contributed by atoms with van der Waals surface area (Å²) in [5.74, 6) is -0.520. The number of nitrogens with one attached hydrogen (secondary N) is 3. The number of carbonyl (C=O) groups excluding carboxylic acids is 2. The topological polar surface area (TPSA) is 147 Å². The van der Waals surface area contributed by atoms with Crippen molar-refractivity contribution in [3.8, 4) is 0 Å². The fourth-order valence-corrected chi connectivity index (χ4v) is 7.61. The van der Waals surface area contributed by atoms with Gasteiger partial charge in [0.2, 0.25) is 0 Å². The highest BCUT2D eigenvalue weighted by Gasteiger charge is 2.40. The molecule has 0 radical (unpaired) electrons. The number of H-pyrrole nitrogens is 1. The molecule has 12 heteroatoms. The van der Waals surface area contributed by atoms with Crippen LogP contribution in [0, 0.1) is 5.92 Å². The number of esters is 1. The SMILES string of the molecule is COC(=O)[C@H](Cc1ccccc1)NC(=O)Nc1ccc([C@@H]2O[C@H](CN3CCC(n4c(=O)[nH]c5ccccc54)CC3)[C@H](C)[C@H](c3ccc(CO)cc3)O2)cc1. The molecule has 54 heavy (non-hydrogen) atoms. The summed E-state index contributed by atoms with van der Waals surface area (Å²) in [6, 6.07) is 31.1. The summed E-state index contributed by atoms with van der Waals surface area (Å²) in [7, 11) is 1.30. The predicted molar refractivity (Wildman–Crippen MR) is 205 cm³/mol. The summed E-state index contributed by atoms with van der Waals surface area (Å²) in [5.41, 5.74) is 5.79. The van der Waals surface area contributed by atoms with Crippen molar-refractivity contribution in [1.29, 1.82) is 0 Å². The van der Waals surface area contributed by atoms with Crippen LogP contribution in [0.15, 0.2) is 108 Å². The number of aromatic nitrogens is 2. The number of hydrogen-bond donors (Lipinski definition) is 4. The Morgan fingerprint density at radius 1 is 0.889 bits per heavy atom. The van der Waals surface area contributed by atoms with Gasteiger partial charge in [-0.05, 0) is 53.8 Å². The first-order chi connectivity index (χ1) is 26.3. The third-order valence-electron chi connectivity index (χ3n) is 10.6. The van der Waals surface area contributed by atoms with E-state index < -0.39 is 24.3 Å². The number of aliphatic hydroxyl groups is 1. The van der Waals surface area contributed by atoms with Gasteiger partial charge in [0.25, 0.3) is 0 Å². The van der Waals surface area contributed by atoms with Gasteiger partial charge in [-0.15, -0.1) is 0 Å². The molecular weight excluding hydrogens is 686 g/mol. The van der Waals surface area contributed by atoms with Crippen LogP contribution in [0.4, 0.5) is 10.5 Å². The van der Waals surface area contributed by atoms with Gasteiger partial charge < -0.3 is 39.8 Å². The second-order valence-electron chi connectivity index (χ2n) is 14.2. The lowest BCUT2D eigenvalue weighted by molar-refractivity contribution is -0.276. The van der Waals surface area contributed by atoms with Crippen molar-refractivity contribution in [2.45, 2.75) is 63.4 Å². The minimum atomic E-state index is -0.856. The van der Waals surface area contributed by atoms with Crippen LogP contribution in [0.5, 0.6) is 0 Å². The summed E-state index contributed by atoms with van der Waals surface area (Å²) >= 11 is 0. The summed E-state index contributed by atoms with van der Waals surface area (Å²) in [5, 5.41) is 15.2. The summed E-state index contributed by atoms with van der Waals surface area (Å²) < 4.78 is 20.2. The largest absolute Gasteiger partial charge is 0.467 e. The molecule has 5 aromatic rings. The smallest absolute Gasteiger partial charge is 0.328 e. The molecule has 0 aliphatic carbocycles. The molecule has 3 heterocycles. The number of piperidine rings is 1. The lowest BCUT2D eigenvalue weighted by atomic mass is 9.89. The number of benzene rings is 4. The second kappa shape index (κ2) is 16.8. The quantitative estimate of drug-likeness (QED) is 0.124. The Labute approximate surface area is 314 Å². The molecule has 2 fully saturated rings. The number of ether oxygens (including phenoxy) is 3. The molecule has 4 aromatic carbocycles. The number of anilines is 1. The normalized spacial score (nSPS) is 21.4. The van der Waals surface area contributed by atoms with Gasteiger partial charge in [0, 0.05) is 49.3 Å². The fourth-order valence-electron chi connectivity index (χ4n) is 7.61. The molecule has 5 atom stereocenters. The average molecular weight is 734 g/mol. The van der Waals surface area contributed by atoms with E-state index in [1.54, 1.807) is 12.1 Å². The van der Waals surface area contributed by atoms with Crippen molar-refractivity contribution < 1.29 is 28.9 Å². The van der Waals surface area contributed by atoms with E-state index in [1.165, 1.54) is 7.11 Å². The molecule has 0 unspecified atom stereocenters. The Hall–Kier alpha value is -5.27. The zero-order valence-corrected chi connectivity index (χ0v) is 30.5. The van der Waals surface area contributed by atoms with E-state index in [1.807, 2.05) is 95.6 Å². The lowest BCUT2D eigenvalue weighted by Gasteiger charge is -2.44. The first kappa shape index (κ1) is 37.1. The van der Waals surface area contributed by atoms with Crippen molar-refractivity contribution in [2.75, 3.05) is 32.1 Å². The number of amides is 2. The number of methoxy groups -OCH3 is 1. The standard InChI is InChI=1S/C42H47N5O7/c1-27-37(25-46-22-20-33(21-23-46)47-36-11-7-6-10-34(36)45-42(47)51)53-40(54-38(27)30-14-12-29(26-48)13-15-30)31-16-18-32(19-17-31)43-41(50)44-35(39(49)52-2)24-28-8-4-3-5-9-28/h3-19,27,33,35,37-38,40,48H,20-26H2,1-2H3,(H,45,51)(H2,43,44,50)/t27-,35-,37+,38+,40+/m0/s1. The zero-order valence-electron chi connectivity index (χ0n) is 30.5. The van der Waals surface area contributed by atoms with E-state index in [2.05, 4.69) is 27.4 Å². The average Bonchev–Trinajstić information content (AvgIpc) is 3.54. The minimum Gasteiger partial charge on any atom is -0.467 e. The number of para-hydroxylation sites is 2. The van der Waals surface area contributed by atoms with E-state index in [9.17, 15) is 19.5 Å². The molecule has 12 nitrogen and oxygen atoms in total. The van der Waals surface area contributed by atoms with Gasteiger partial charge >= 0.3 is 17.7 Å². The highest BCUT2D eigenvalue weighted by atomic mass is 16.7. The highest BCUT2D eigenvalue weighted by Crippen LogP contribution is 2.42. The number of aromatic amines is 1. The number of fused-ring (bicyclic) bond motifs is 1. The first-order valence-electron chi connectivity index (χ1n) is 18.5. The Morgan fingerprint density at radius 2 is 1.57 bits per heavy atom. The maximum atomic E-state index is 13.0. The van der Waals surface area contributed by atoms with Crippen LogP contribution >= 0.6 is 0 Å². The van der Waals surface area contributed by atoms with Crippen LogP contribution in [0.25, 0.3) is 11.0 Å². The maximum Gasteiger partial charge on any atom is 0.328 e. The van der Waals surface area contributed by atoms with Crippen LogP contribution in [0.2, 0.25) is 0 Å². The molecular formula is C42H47N5O7. The molecule has 0 bridgehead atoms. The number of urea groups is 1. The van der Waals surface area contributed by atoms with Crippen molar-refractivity contribution in [2.24, 2.45) is 5.92 Å². The van der Waals surface area contributed by atoms with Crippen LogP contribution < -0.4 is 16.3 Å². The van der Waals surface area contributed by atoms with E-state index in [0.29, 0.717) is 18.7 Å². The minimum absolute atomic E-state index is 0.0125. The second-order valence-corrected chi connectivity index (χ2v) is 14.2. The van der Waals surface area contributed by atoms with Gasteiger partial charge in [-0.25, -0.2) is 14.4 Å². The van der Waals surface area contributed by atoms with Gasteiger partial charge in [0.15, 0.2) is 6.29 Å². The first-order valence-corrected chi connectivity index (χ1v) is 18.5. The Balaban J connectivity index is 1.03. The Morgan fingerprint density at radius 3 is 2.28 bits per heavy atom. The molecule has 2 amide bonds. The van der Waals surface area contributed by atoms with E-state index >= 15 is 0 Å². The van der Waals surface area contributed by atoms with Crippen LogP contribution in [0.3, 0.4) is 0 Å². The number of imidazole rings is 1. The molecule has 7 rings (SSSR count). The number of rotatable bonds is 11. The Kier molecular flexibility index (Phi) is 11.5. The number of nitrogens with zero attached hydrogens (tertiary/aromatic N) is 2. The monoisotopic (exact) mass is 733 g/mol. The lowest BCUT2D eigenvalue weighted by Crippen LogP contribution is -2.47. The van der Waals surface area contributed by atoms with Gasteiger partial charge in [-0.3, -0.25) is 4.57 Å². The number of likely N-dealkylation sites (tertiary alicyclic amines) is 1. The third kappa shape index (κ3) is 8.42. The number of hydrogen-bond acceptors (Lipinski definition) is 8. The molecule has 4 N–H and O–H groups in total. The van der Waals surface area contributed by atoms with Crippen molar-refractivity contribution in [1.82, 2.24) is 19.8 Å². The molecule has 1 aromatic heterocycles. The number of carbonyl (C=O) groups is 2. The van der Waals surface area contributed by atoms with Gasteiger partial charge in [-0.1, -0.05) is 85.8 Å². The van der Waals surface area contributed by atoms with E-state index in [0.717, 1.165) is 59.2 Å². The Bertz CT molecular complexity index is 2070. The van der Waals surface area contributed by atoms with Crippen molar-refractivity contribution in [3.05, 3.63) is 136 Å². The predicted octanol–water partition coefficient (Wildman–Crippen LogP) is 5.86. The summed E-state index contributed by atoms with van der Waals surface area (Å²) in [6.07, 6.45) is 0.886. The third-order valence-corrected chi connectivity index (χ3v) is 10.6. The van der Waals surface area contributed by atoms with E-state index in [-0.39, 0.29) is 36.5 Å². The summed E-state index contributed by atoms with van der Waals surface area (Å²) in [6.45, 7) is 4.47. The van der Waals surface area contributed by atoms with Crippen molar-refractivity contribution >= 4 is 28.7 Å². The van der Waals surface area contributed by atoms with Gasteiger partial charge in [0.1, 0.15) is 6.04 Å². The zero-order chi connectivity index (χ0) is 37.6. The van der Waals surface area contributed by atoms with Crippen LogP contribution in [-0.2, 0) is 32.0 Å². The molecule has 282 valence electrons. The van der Waals surface area contributed by atoms with E-state index in [4.69, 9.17) is 14.2 Å². The molecule has 0 saturated carbocycles. The van der Waals surface area contributed by atoms with Crippen molar-refractivity contribution in [3.63, 3.8) is 0 Å². The summed E-state index contributed by atoms with van der Waals surface area (Å²) in [4.78, 5) is 43.7. The molecule has 0 spiro atoms. The van der Waals surface area contributed by atoms with Gasteiger partial charge in [-0.2, -0.15) is 0 Å². The highest BCUT2D eigenvalue weighted by molar-refractivity contribution is 5.92. The molecule has 2 aliphatic heterocycles. The maximum absolute atomic E-state index is 13.0. The van der Waals surface area contributed by atoms with Crippen LogP contribution in [-0.4, -0.2) is 70.4 Å². The number of aliphatic hydroxyl groups excluding tert-OH is 1. The molecule has 2 aliphatic rings. The molecule has 2 saturated heterocycles. The van der Waals surface area contributed by atoms with Gasteiger partial charge in [0.05, 0.1) is 37.0 Å². The fraction of sp³-hybridized carbons (Fsp3) is 0.357. The van der Waals surface area contributed by atoms with Crippen LogP contribution in [0.1, 0.15) is 60.5 Å².